The van der Waals surface area contributed by atoms with E-state index >= 15 is 0 Å². The monoisotopic (exact) mass is 489 g/mol. The molecule has 0 spiro atoms. The molecule has 0 unspecified atom stereocenters. The van der Waals surface area contributed by atoms with Crippen molar-refractivity contribution in [2.75, 3.05) is 24.2 Å². The van der Waals surface area contributed by atoms with Crippen molar-refractivity contribution in [1.82, 2.24) is 14.5 Å². The van der Waals surface area contributed by atoms with Crippen LogP contribution >= 0.6 is 0 Å². The van der Waals surface area contributed by atoms with Crippen LogP contribution in [0.15, 0.2) is 53.6 Å². The first kappa shape index (κ1) is 23.4. The number of aromatic nitrogens is 3. The van der Waals surface area contributed by atoms with Crippen LogP contribution in [0.5, 0.6) is 5.88 Å². The summed E-state index contributed by atoms with van der Waals surface area (Å²) in [6.45, 7) is 0.469. The summed E-state index contributed by atoms with van der Waals surface area (Å²) in [6, 6.07) is 9.01. The highest BCUT2D eigenvalue weighted by Crippen LogP contribution is 2.32. The van der Waals surface area contributed by atoms with Crippen molar-refractivity contribution in [2.24, 2.45) is 0 Å². The Bertz CT molecular complexity index is 1470. The number of halogens is 2. The van der Waals surface area contributed by atoms with Crippen LogP contribution in [-0.4, -0.2) is 41.8 Å². The number of hydrogen-bond donors (Lipinski definition) is 3. The molecule has 4 N–H and O–H groups in total. The number of aliphatic hydroxyl groups excluding tert-OH is 1. The van der Waals surface area contributed by atoms with Gasteiger partial charge in [-0.1, -0.05) is 6.07 Å². The van der Waals surface area contributed by atoms with Gasteiger partial charge in [-0.25, -0.2) is 27.2 Å². The van der Waals surface area contributed by atoms with Gasteiger partial charge >= 0.3 is 0 Å². The van der Waals surface area contributed by atoms with E-state index in [2.05, 4.69) is 14.7 Å². The molecule has 0 fully saturated rings. The standard InChI is InChI=1S/C22H21F2N5O4S/c1-33-21-18(28-34(31,32)20-6-4-15(23)11-16(20)24)9-14(12-26-21)13-3-5-17-19(10-13)29(7-2-8-30)22(25)27-17/h3-6,9-12,28,30H,2,7-8H2,1H3,(H2,25,27). The zero-order chi connectivity index (χ0) is 24.5. The van der Waals surface area contributed by atoms with Crippen LogP contribution in [-0.2, 0) is 16.6 Å². The Balaban J connectivity index is 1.75. The number of nitrogens with zero attached hydrogens (tertiary/aromatic N) is 3. The predicted octanol–water partition coefficient (Wildman–Crippen LogP) is 3.15. The van der Waals surface area contributed by atoms with E-state index in [-0.39, 0.29) is 18.2 Å². The molecule has 0 aliphatic carbocycles. The number of imidazole rings is 1. The number of aryl methyl sites for hydroxylation is 1. The highest BCUT2D eigenvalue weighted by Gasteiger charge is 2.22. The van der Waals surface area contributed by atoms with Crippen molar-refractivity contribution in [1.29, 1.82) is 0 Å². The number of methoxy groups -OCH3 is 1. The first-order valence-electron chi connectivity index (χ1n) is 10.1. The topological polar surface area (TPSA) is 132 Å². The Hall–Kier alpha value is -3.77. The fraction of sp³-hybridized carbons (Fsp3) is 0.182. The molecule has 2 heterocycles. The number of sulfonamides is 1. The van der Waals surface area contributed by atoms with Crippen LogP contribution in [0.1, 0.15) is 6.42 Å². The number of aliphatic hydroxyl groups is 1. The number of rotatable bonds is 8. The number of fused-ring (bicyclic) bond motifs is 1. The van der Waals surface area contributed by atoms with E-state index in [4.69, 9.17) is 15.6 Å². The molecule has 0 aliphatic rings. The second kappa shape index (κ2) is 9.23. The minimum absolute atomic E-state index is 0.000638. The third kappa shape index (κ3) is 4.50. The van der Waals surface area contributed by atoms with Crippen LogP contribution in [0.4, 0.5) is 20.4 Å². The summed E-state index contributed by atoms with van der Waals surface area (Å²) in [5, 5.41) is 9.15. The summed E-state index contributed by atoms with van der Waals surface area (Å²) < 4.78 is 62.1. The maximum atomic E-state index is 14.1. The van der Waals surface area contributed by atoms with Gasteiger partial charge in [0.1, 0.15) is 22.2 Å². The van der Waals surface area contributed by atoms with E-state index in [9.17, 15) is 17.2 Å². The van der Waals surface area contributed by atoms with Crippen molar-refractivity contribution >= 4 is 32.7 Å². The lowest BCUT2D eigenvalue weighted by atomic mass is 10.1. The lowest BCUT2D eigenvalue weighted by Crippen LogP contribution is -2.15. The largest absolute Gasteiger partial charge is 0.480 e. The van der Waals surface area contributed by atoms with Gasteiger partial charge in [0.05, 0.1) is 18.1 Å². The Morgan fingerprint density at radius 3 is 2.65 bits per heavy atom. The number of nitrogen functional groups attached to an aromatic ring is 1. The van der Waals surface area contributed by atoms with Crippen LogP contribution in [0.3, 0.4) is 0 Å². The van der Waals surface area contributed by atoms with Gasteiger partial charge in [-0.3, -0.25) is 4.72 Å². The maximum absolute atomic E-state index is 14.1. The first-order chi connectivity index (χ1) is 16.2. The number of nitrogens with two attached hydrogens (primary N) is 1. The molecule has 0 bridgehead atoms. The van der Waals surface area contributed by atoms with Gasteiger partial charge in [-0.2, -0.15) is 0 Å². The van der Waals surface area contributed by atoms with Gasteiger partial charge in [0.25, 0.3) is 10.0 Å². The second-order valence-electron chi connectivity index (χ2n) is 7.36. The molecule has 178 valence electrons. The van der Waals surface area contributed by atoms with Gasteiger partial charge in [0.2, 0.25) is 11.8 Å². The Labute approximate surface area is 193 Å². The predicted molar refractivity (Wildman–Crippen MR) is 123 cm³/mol. The molecule has 4 aromatic rings. The van der Waals surface area contributed by atoms with Crippen molar-refractivity contribution in [3.63, 3.8) is 0 Å². The molecule has 0 saturated heterocycles. The zero-order valence-electron chi connectivity index (χ0n) is 18.0. The van der Waals surface area contributed by atoms with Crippen molar-refractivity contribution in [3.8, 4) is 17.0 Å². The molecule has 12 heteroatoms. The molecule has 2 aromatic carbocycles. The zero-order valence-corrected chi connectivity index (χ0v) is 18.8. The normalized spacial score (nSPS) is 11.6. The molecule has 4 rings (SSSR count). The number of nitrogens with one attached hydrogen (secondary N) is 1. The highest BCUT2D eigenvalue weighted by atomic mass is 32.2. The average Bonchev–Trinajstić information content (AvgIpc) is 3.11. The van der Waals surface area contributed by atoms with E-state index in [0.29, 0.717) is 41.6 Å². The third-order valence-corrected chi connectivity index (χ3v) is 6.52. The minimum atomic E-state index is -4.41. The summed E-state index contributed by atoms with van der Waals surface area (Å²) in [7, 11) is -3.09. The molecule has 0 aliphatic heterocycles. The number of ether oxygens (including phenoxy) is 1. The van der Waals surface area contributed by atoms with Crippen molar-refractivity contribution in [2.45, 2.75) is 17.9 Å². The fourth-order valence-corrected chi connectivity index (χ4v) is 4.63. The summed E-state index contributed by atoms with van der Waals surface area (Å²) >= 11 is 0. The smallest absolute Gasteiger partial charge is 0.264 e. The van der Waals surface area contributed by atoms with Crippen LogP contribution in [0.2, 0.25) is 0 Å². The van der Waals surface area contributed by atoms with Crippen LogP contribution < -0.4 is 15.2 Å². The quantitative estimate of drug-likeness (QED) is 0.346. The van der Waals surface area contributed by atoms with E-state index in [1.54, 1.807) is 16.7 Å². The molecular formula is C22H21F2N5O4S. The third-order valence-electron chi connectivity index (χ3n) is 5.12. The van der Waals surface area contributed by atoms with Gasteiger partial charge < -0.3 is 20.1 Å². The Morgan fingerprint density at radius 2 is 1.94 bits per heavy atom. The SMILES string of the molecule is COc1ncc(-c2ccc3nc(N)n(CCCO)c3c2)cc1NS(=O)(=O)c1ccc(F)cc1F. The van der Waals surface area contributed by atoms with E-state index < -0.39 is 26.6 Å². The minimum Gasteiger partial charge on any atom is -0.480 e. The fourth-order valence-electron chi connectivity index (χ4n) is 3.52. The van der Waals surface area contributed by atoms with Crippen LogP contribution in [0.25, 0.3) is 22.2 Å². The van der Waals surface area contributed by atoms with Gasteiger partial charge in [0.15, 0.2) is 0 Å². The van der Waals surface area contributed by atoms with Gasteiger partial charge in [-0.15, -0.1) is 0 Å². The van der Waals surface area contributed by atoms with E-state index in [1.165, 1.54) is 19.4 Å². The average molecular weight is 490 g/mol. The first-order valence-corrected chi connectivity index (χ1v) is 11.6. The summed E-state index contributed by atoms with van der Waals surface area (Å²) in [5.74, 6) is -1.85. The molecular weight excluding hydrogens is 468 g/mol. The number of anilines is 2. The van der Waals surface area contributed by atoms with E-state index in [0.717, 1.165) is 17.6 Å². The van der Waals surface area contributed by atoms with E-state index in [1.807, 2.05) is 6.07 Å². The summed E-state index contributed by atoms with van der Waals surface area (Å²) in [6.07, 6.45) is 1.99. The lowest BCUT2D eigenvalue weighted by molar-refractivity contribution is 0.281. The molecule has 0 saturated carbocycles. The Kier molecular flexibility index (Phi) is 6.35. The summed E-state index contributed by atoms with van der Waals surface area (Å²) in [5.41, 5.74) is 8.58. The summed E-state index contributed by atoms with van der Waals surface area (Å²) in [4.78, 5) is 7.76. The highest BCUT2D eigenvalue weighted by molar-refractivity contribution is 7.92. The molecule has 34 heavy (non-hydrogen) atoms. The number of hydrogen-bond acceptors (Lipinski definition) is 7. The maximum Gasteiger partial charge on any atom is 0.264 e. The molecule has 0 radical (unpaired) electrons. The second-order valence-corrected chi connectivity index (χ2v) is 9.01. The molecule has 0 amide bonds. The van der Waals surface area contributed by atoms with Gasteiger partial charge in [0, 0.05) is 31.0 Å². The number of pyridine rings is 1. The molecule has 2 aromatic heterocycles. The molecule has 9 nitrogen and oxygen atoms in total. The number of benzene rings is 2. The van der Waals surface area contributed by atoms with Crippen LogP contribution in [0, 0.1) is 11.6 Å². The van der Waals surface area contributed by atoms with Gasteiger partial charge in [-0.05, 0) is 42.3 Å². The van der Waals surface area contributed by atoms with Crippen molar-refractivity contribution in [3.05, 3.63) is 60.3 Å². The lowest BCUT2D eigenvalue weighted by Gasteiger charge is -2.13. The molecule has 0 atom stereocenters. The van der Waals surface area contributed by atoms with Crippen molar-refractivity contribution < 1.29 is 27.0 Å². The Morgan fingerprint density at radius 1 is 1.15 bits per heavy atom.